The normalized spacial score (nSPS) is 10.9. The Kier molecular flexibility index (Phi) is 10.5. The minimum absolute atomic E-state index is 0. The maximum absolute atomic E-state index is 11.7. The summed E-state index contributed by atoms with van der Waals surface area (Å²) in [4.78, 5) is 16.3. The van der Waals surface area contributed by atoms with E-state index in [4.69, 9.17) is 0 Å². The molecule has 3 N–H and O–H groups in total. The van der Waals surface area contributed by atoms with E-state index in [0.29, 0.717) is 12.1 Å². The fourth-order valence-electron chi connectivity index (χ4n) is 2.53. The van der Waals surface area contributed by atoms with Crippen LogP contribution in [-0.4, -0.2) is 48.3 Å². The number of aliphatic imine (C=N–C) groups is 1. The van der Waals surface area contributed by atoms with Gasteiger partial charge in [0.15, 0.2) is 5.96 Å². The van der Waals surface area contributed by atoms with E-state index in [1.807, 2.05) is 55.2 Å². The molecule has 0 aliphatic rings. The van der Waals surface area contributed by atoms with Crippen molar-refractivity contribution >= 4 is 35.8 Å². The van der Waals surface area contributed by atoms with E-state index in [9.17, 15) is 4.79 Å². The summed E-state index contributed by atoms with van der Waals surface area (Å²) in [6, 6.07) is 7.64. The summed E-state index contributed by atoms with van der Waals surface area (Å²) in [5.41, 5.74) is 2.93. The lowest BCUT2D eigenvalue weighted by molar-refractivity contribution is 0.0963. The van der Waals surface area contributed by atoms with Crippen LogP contribution < -0.4 is 16.0 Å². The molecule has 1 amide bonds. The molecule has 2 aromatic rings. The third-order valence-electron chi connectivity index (χ3n) is 3.83. The molecule has 7 nitrogen and oxygen atoms in total. The summed E-state index contributed by atoms with van der Waals surface area (Å²) in [7, 11) is 1.64. The Balaban J connectivity index is 0.00000364. The van der Waals surface area contributed by atoms with Crippen molar-refractivity contribution in [2.24, 2.45) is 4.99 Å². The monoisotopic (exact) mass is 484 g/mol. The molecular formula is C19H29IN6O. The van der Waals surface area contributed by atoms with Crippen LogP contribution in [0.15, 0.2) is 41.7 Å². The Morgan fingerprint density at radius 3 is 2.78 bits per heavy atom. The topological polar surface area (TPSA) is 83.3 Å². The summed E-state index contributed by atoms with van der Waals surface area (Å²) in [6.07, 6.45) is 4.65. The smallest absolute Gasteiger partial charge is 0.251 e. The van der Waals surface area contributed by atoms with Crippen LogP contribution in [0.4, 0.5) is 0 Å². The number of aromatic nitrogens is 2. The summed E-state index contributed by atoms with van der Waals surface area (Å²) in [5.74, 6) is 0.720. The molecule has 0 spiro atoms. The number of carbonyl (C=O) groups is 1. The van der Waals surface area contributed by atoms with Gasteiger partial charge in [-0.2, -0.15) is 5.10 Å². The predicted octanol–water partition coefficient (Wildman–Crippen LogP) is 1.97. The molecule has 148 valence electrons. The molecule has 0 bridgehead atoms. The largest absolute Gasteiger partial charge is 0.357 e. The standard InChI is InChI=1S/C19H28N6O.HI/c1-4-21-19(23-10-11-25-14-15(2)13-24-25)22-9-8-16-6-5-7-17(12-16)18(26)20-3;/h5-7,12-14H,4,8-11H2,1-3H3,(H,20,26)(H2,21,22,23);1H. The van der Waals surface area contributed by atoms with Gasteiger partial charge in [0.05, 0.1) is 12.7 Å². The van der Waals surface area contributed by atoms with Crippen LogP contribution in [0.2, 0.25) is 0 Å². The Morgan fingerprint density at radius 1 is 1.30 bits per heavy atom. The number of nitrogens with one attached hydrogen (secondary N) is 3. The molecule has 27 heavy (non-hydrogen) atoms. The van der Waals surface area contributed by atoms with E-state index < -0.39 is 0 Å². The van der Waals surface area contributed by atoms with Gasteiger partial charge in [-0.1, -0.05) is 12.1 Å². The van der Waals surface area contributed by atoms with Gasteiger partial charge in [0.2, 0.25) is 0 Å². The zero-order valence-corrected chi connectivity index (χ0v) is 18.5. The molecule has 0 unspecified atom stereocenters. The lowest BCUT2D eigenvalue weighted by atomic mass is 10.1. The molecule has 1 aromatic carbocycles. The van der Waals surface area contributed by atoms with Crippen LogP contribution in [0.5, 0.6) is 0 Å². The number of amides is 1. The molecule has 0 saturated carbocycles. The van der Waals surface area contributed by atoms with Gasteiger partial charge in [-0.05, 0) is 43.5 Å². The molecule has 2 rings (SSSR count). The highest BCUT2D eigenvalue weighted by Crippen LogP contribution is 2.06. The van der Waals surface area contributed by atoms with Gasteiger partial charge in [0.1, 0.15) is 0 Å². The van der Waals surface area contributed by atoms with Gasteiger partial charge >= 0.3 is 0 Å². The first-order chi connectivity index (χ1) is 12.6. The van der Waals surface area contributed by atoms with Crippen molar-refractivity contribution in [3.8, 4) is 0 Å². The van der Waals surface area contributed by atoms with Gasteiger partial charge in [0.25, 0.3) is 5.91 Å². The molecule has 0 radical (unpaired) electrons. The van der Waals surface area contributed by atoms with Crippen LogP contribution in [0, 0.1) is 6.92 Å². The Morgan fingerprint density at radius 2 is 2.11 bits per heavy atom. The van der Waals surface area contributed by atoms with Crippen LogP contribution in [0.3, 0.4) is 0 Å². The zero-order chi connectivity index (χ0) is 18.8. The maximum Gasteiger partial charge on any atom is 0.251 e. The quantitative estimate of drug-likeness (QED) is 0.304. The second-order valence-corrected chi connectivity index (χ2v) is 6.00. The Hall–Kier alpha value is -2.10. The van der Waals surface area contributed by atoms with Gasteiger partial charge in [-0.15, -0.1) is 24.0 Å². The van der Waals surface area contributed by atoms with Crippen molar-refractivity contribution in [3.05, 3.63) is 53.3 Å². The minimum Gasteiger partial charge on any atom is -0.357 e. The third-order valence-corrected chi connectivity index (χ3v) is 3.83. The molecule has 0 aliphatic heterocycles. The number of benzene rings is 1. The van der Waals surface area contributed by atoms with Crippen molar-refractivity contribution in [3.63, 3.8) is 0 Å². The van der Waals surface area contributed by atoms with Crippen LogP contribution in [0.1, 0.15) is 28.4 Å². The fraction of sp³-hybridized carbons (Fsp3) is 0.421. The second kappa shape index (κ2) is 12.3. The van der Waals surface area contributed by atoms with Crippen molar-refractivity contribution in [1.82, 2.24) is 25.7 Å². The molecule has 0 fully saturated rings. The molecule has 0 atom stereocenters. The van der Waals surface area contributed by atoms with E-state index in [2.05, 4.69) is 26.0 Å². The number of hydrogen-bond donors (Lipinski definition) is 3. The molecule has 0 aliphatic carbocycles. The Labute approximate surface area is 178 Å². The molecular weight excluding hydrogens is 455 g/mol. The van der Waals surface area contributed by atoms with Gasteiger partial charge in [-0.3, -0.25) is 14.5 Å². The van der Waals surface area contributed by atoms with Crippen LogP contribution >= 0.6 is 24.0 Å². The average molecular weight is 484 g/mol. The summed E-state index contributed by atoms with van der Waals surface area (Å²) < 4.78 is 1.91. The van der Waals surface area contributed by atoms with E-state index in [1.54, 1.807) is 7.05 Å². The van der Waals surface area contributed by atoms with E-state index in [1.165, 1.54) is 0 Å². The summed E-state index contributed by atoms with van der Waals surface area (Å²) in [5, 5.41) is 13.5. The highest BCUT2D eigenvalue weighted by atomic mass is 127. The van der Waals surface area contributed by atoms with E-state index >= 15 is 0 Å². The molecule has 1 heterocycles. The number of guanidine groups is 1. The number of hydrogen-bond acceptors (Lipinski definition) is 3. The number of rotatable bonds is 8. The van der Waals surface area contributed by atoms with Crippen molar-refractivity contribution in [1.29, 1.82) is 0 Å². The van der Waals surface area contributed by atoms with E-state index in [-0.39, 0.29) is 29.9 Å². The van der Waals surface area contributed by atoms with Gasteiger partial charge < -0.3 is 16.0 Å². The zero-order valence-electron chi connectivity index (χ0n) is 16.2. The molecule has 0 saturated heterocycles. The minimum atomic E-state index is -0.0702. The Bertz CT molecular complexity index is 743. The predicted molar refractivity (Wildman–Crippen MR) is 120 cm³/mol. The van der Waals surface area contributed by atoms with Gasteiger partial charge in [0, 0.05) is 38.4 Å². The first-order valence-corrected chi connectivity index (χ1v) is 8.94. The number of nitrogens with zero attached hydrogens (tertiary/aromatic N) is 3. The van der Waals surface area contributed by atoms with Crippen molar-refractivity contribution in [2.45, 2.75) is 26.8 Å². The fourth-order valence-corrected chi connectivity index (χ4v) is 2.53. The molecule has 1 aromatic heterocycles. The third kappa shape index (κ3) is 7.98. The SMILES string of the molecule is CCNC(=NCCc1cccc(C(=O)NC)c1)NCCn1cc(C)cn1.I. The highest BCUT2D eigenvalue weighted by Gasteiger charge is 2.04. The summed E-state index contributed by atoms with van der Waals surface area (Å²) in [6.45, 7) is 7.06. The lowest BCUT2D eigenvalue weighted by Crippen LogP contribution is -2.39. The maximum atomic E-state index is 11.7. The van der Waals surface area contributed by atoms with Crippen molar-refractivity contribution < 1.29 is 4.79 Å². The highest BCUT2D eigenvalue weighted by molar-refractivity contribution is 14.0. The second-order valence-electron chi connectivity index (χ2n) is 6.00. The van der Waals surface area contributed by atoms with Crippen LogP contribution in [-0.2, 0) is 13.0 Å². The first-order valence-electron chi connectivity index (χ1n) is 8.94. The van der Waals surface area contributed by atoms with Crippen LogP contribution in [0.25, 0.3) is 0 Å². The number of carbonyl (C=O) groups excluding carboxylic acids is 1. The number of aryl methyl sites for hydroxylation is 1. The average Bonchev–Trinajstić information content (AvgIpc) is 3.06. The summed E-state index contributed by atoms with van der Waals surface area (Å²) >= 11 is 0. The molecule has 8 heteroatoms. The van der Waals surface area contributed by atoms with Crippen molar-refractivity contribution in [2.75, 3.05) is 26.7 Å². The number of halogens is 1. The van der Waals surface area contributed by atoms with E-state index in [0.717, 1.165) is 43.1 Å². The van der Waals surface area contributed by atoms with Gasteiger partial charge in [-0.25, -0.2) is 0 Å². The first kappa shape index (κ1) is 22.9. The lowest BCUT2D eigenvalue weighted by Gasteiger charge is -2.11.